The van der Waals surface area contributed by atoms with Crippen molar-refractivity contribution in [2.75, 3.05) is 0 Å². The van der Waals surface area contributed by atoms with Gasteiger partial charge in [-0.1, -0.05) is 67.9 Å². The molecule has 2 aromatic carbocycles. The second-order valence-electron chi connectivity index (χ2n) is 5.47. The summed E-state index contributed by atoms with van der Waals surface area (Å²) in [4.78, 5) is 4.58. The summed E-state index contributed by atoms with van der Waals surface area (Å²) in [7, 11) is 0. The summed E-state index contributed by atoms with van der Waals surface area (Å²) in [5, 5.41) is 1.14. The van der Waals surface area contributed by atoms with Crippen molar-refractivity contribution in [2.24, 2.45) is 5.73 Å². The number of nitrogens with zero attached hydrogens (tertiary/aromatic N) is 1. The zero-order valence-electron chi connectivity index (χ0n) is 12.3. The lowest BCUT2D eigenvalue weighted by atomic mass is 9.79. The van der Waals surface area contributed by atoms with Crippen LogP contribution in [0.3, 0.4) is 0 Å². The first-order valence-electron chi connectivity index (χ1n) is 7.44. The quantitative estimate of drug-likeness (QED) is 0.774. The van der Waals surface area contributed by atoms with E-state index in [0.717, 1.165) is 34.9 Å². The van der Waals surface area contributed by atoms with E-state index in [-0.39, 0.29) is 0 Å². The van der Waals surface area contributed by atoms with Gasteiger partial charge in [-0.15, -0.1) is 0 Å². The first-order chi connectivity index (χ1) is 10.3. The number of hydrogen-bond donors (Lipinski definition) is 1. The second kappa shape index (κ2) is 5.66. The number of hydrogen-bond acceptors (Lipinski definition) is 2. The van der Waals surface area contributed by atoms with E-state index in [9.17, 15) is 0 Å². The molecule has 0 saturated heterocycles. The number of benzene rings is 2. The van der Waals surface area contributed by atoms with Crippen LogP contribution in [-0.2, 0) is 5.54 Å². The van der Waals surface area contributed by atoms with Crippen LogP contribution in [0.2, 0.25) is 0 Å². The zero-order chi connectivity index (χ0) is 14.7. The van der Waals surface area contributed by atoms with Gasteiger partial charge in [0.1, 0.15) is 0 Å². The first kappa shape index (κ1) is 13.8. The highest BCUT2D eigenvalue weighted by Crippen LogP contribution is 2.35. The van der Waals surface area contributed by atoms with Crippen molar-refractivity contribution < 1.29 is 0 Å². The average molecular weight is 276 g/mol. The average Bonchev–Trinajstić information content (AvgIpc) is 2.55. The molecule has 0 aliphatic heterocycles. The van der Waals surface area contributed by atoms with Gasteiger partial charge < -0.3 is 5.73 Å². The molecule has 0 radical (unpaired) electrons. The molecule has 0 saturated carbocycles. The van der Waals surface area contributed by atoms with Gasteiger partial charge >= 0.3 is 0 Å². The molecule has 1 aromatic heterocycles. The fourth-order valence-corrected chi connectivity index (χ4v) is 3.03. The fourth-order valence-electron chi connectivity index (χ4n) is 3.03. The van der Waals surface area contributed by atoms with E-state index in [0.29, 0.717) is 0 Å². The molecule has 2 heteroatoms. The van der Waals surface area contributed by atoms with Crippen LogP contribution >= 0.6 is 0 Å². The Balaban J connectivity index is 2.25. The monoisotopic (exact) mass is 276 g/mol. The van der Waals surface area contributed by atoms with Gasteiger partial charge in [-0.2, -0.15) is 0 Å². The minimum Gasteiger partial charge on any atom is -0.318 e. The van der Waals surface area contributed by atoms with Gasteiger partial charge in [0.05, 0.1) is 11.1 Å². The lowest BCUT2D eigenvalue weighted by Gasteiger charge is -2.31. The summed E-state index contributed by atoms with van der Waals surface area (Å²) in [6.07, 6.45) is 3.75. The predicted octanol–water partition coefficient (Wildman–Crippen LogP) is 4.24. The van der Waals surface area contributed by atoms with E-state index < -0.39 is 5.54 Å². The molecule has 0 aliphatic carbocycles. The number of aromatic nitrogens is 1. The molecular weight excluding hydrogens is 256 g/mol. The van der Waals surface area contributed by atoms with E-state index in [1.807, 2.05) is 30.5 Å². The molecule has 0 spiro atoms. The molecule has 21 heavy (non-hydrogen) atoms. The van der Waals surface area contributed by atoms with Crippen LogP contribution in [0.1, 0.15) is 30.9 Å². The van der Waals surface area contributed by atoms with Gasteiger partial charge in [0.25, 0.3) is 0 Å². The van der Waals surface area contributed by atoms with E-state index in [1.54, 1.807) is 0 Å². The van der Waals surface area contributed by atoms with Crippen LogP contribution in [0.4, 0.5) is 0 Å². The molecule has 2 N–H and O–H groups in total. The third-order valence-corrected chi connectivity index (χ3v) is 4.05. The normalized spacial score (nSPS) is 14.0. The number of rotatable bonds is 4. The van der Waals surface area contributed by atoms with Crippen LogP contribution in [0.5, 0.6) is 0 Å². The van der Waals surface area contributed by atoms with Crippen molar-refractivity contribution in [3.8, 4) is 0 Å². The first-order valence-corrected chi connectivity index (χ1v) is 7.44. The number of pyridine rings is 1. The Hall–Kier alpha value is -2.19. The Morgan fingerprint density at radius 2 is 1.71 bits per heavy atom. The molecule has 0 amide bonds. The Morgan fingerprint density at radius 3 is 2.48 bits per heavy atom. The molecule has 0 aliphatic rings. The zero-order valence-corrected chi connectivity index (χ0v) is 12.3. The Morgan fingerprint density at radius 1 is 0.952 bits per heavy atom. The van der Waals surface area contributed by atoms with Crippen LogP contribution in [-0.4, -0.2) is 4.98 Å². The van der Waals surface area contributed by atoms with Gasteiger partial charge in [-0.3, -0.25) is 4.98 Å². The molecule has 1 heterocycles. The van der Waals surface area contributed by atoms with E-state index in [1.165, 1.54) is 0 Å². The highest BCUT2D eigenvalue weighted by Gasteiger charge is 2.30. The number of nitrogens with two attached hydrogens (primary N) is 1. The smallest absolute Gasteiger partial charge is 0.0755 e. The lowest BCUT2D eigenvalue weighted by molar-refractivity contribution is 0.488. The van der Waals surface area contributed by atoms with Crippen molar-refractivity contribution in [3.63, 3.8) is 0 Å². The minimum absolute atomic E-state index is 0.496. The topological polar surface area (TPSA) is 38.9 Å². The Kier molecular flexibility index (Phi) is 3.72. The third kappa shape index (κ3) is 2.43. The van der Waals surface area contributed by atoms with Gasteiger partial charge in [0.2, 0.25) is 0 Å². The van der Waals surface area contributed by atoms with Gasteiger partial charge in [-0.25, -0.2) is 0 Å². The highest BCUT2D eigenvalue weighted by molar-refractivity contribution is 5.83. The van der Waals surface area contributed by atoms with Gasteiger partial charge in [0.15, 0.2) is 0 Å². The molecule has 1 unspecified atom stereocenters. The fraction of sp³-hybridized carbons (Fsp3) is 0.211. The maximum atomic E-state index is 6.88. The molecule has 0 fully saturated rings. The molecular formula is C19H20N2. The predicted molar refractivity (Wildman–Crippen MR) is 88.1 cm³/mol. The van der Waals surface area contributed by atoms with Crippen molar-refractivity contribution >= 4 is 10.9 Å². The van der Waals surface area contributed by atoms with Crippen molar-refractivity contribution in [1.82, 2.24) is 4.98 Å². The minimum atomic E-state index is -0.496. The summed E-state index contributed by atoms with van der Waals surface area (Å²) in [6, 6.07) is 20.7. The number of para-hydroxylation sites is 1. The van der Waals surface area contributed by atoms with Crippen molar-refractivity contribution in [3.05, 3.63) is 78.0 Å². The van der Waals surface area contributed by atoms with E-state index in [2.05, 4.69) is 48.3 Å². The van der Waals surface area contributed by atoms with Crippen LogP contribution in [0.25, 0.3) is 10.9 Å². The molecule has 106 valence electrons. The molecule has 3 aromatic rings. The SMILES string of the molecule is CCCC(N)(c1ccccc1)c1cccc2cccnc12. The Bertz CT molecular complexity index is 731. The van der Waals surface area contributed by atoms with E-state index in [4.69, 9.17) is 5.73 Å². The maximum Gasteiger partial charge on any atom is 0.0755 e. The van der Waals surface area contributed by atoms with Crippen LogP contribution in [0.15, 0.2) is 66.9 Å². The maximum absolute atomic E-state index is 6.88. The molecule has 1 atom stereocenters. The lowest BCUT2D eigenvalue weighted by Crippen LogP contribution is -2.38. The van der Waals surface area contributed by atoms with Crippen molar-refractivity contribution in [2.45, 2.75) is 25.3 Å². The molecule has 3 rings (SSSR count). The summed E-state index contributed by atoms with van der Waals surface area (Å²) in [5.74, 6) is 0. The van der Waals surface area contributed by atoms with Gasteiger partial charge in [0, 0.05) is 17.1 Å². The summed E-state index contributed by atoms with van der Waals surface area (Å²) >= 11 is 0. The second-order valence-corrected chi connectivity index (χ2v) is 5.47. The van der Waals surface area contributed by atoms with Crippen molar-refractivity contribution in [1.29, 1.82) is 0 Å². The standard InChI is InChI=1S/C19H20N2/c1-2-13-19(20,16-10-4-3-5-11-16)17-12-6-8-15-9-7-14-21-18(15)17/h3-12,14H,2,13,20H2,1H3. The summed E-state index contributed by atoms with van der Waals surface area (Å²) < 4.78 is 0. The number of fused-ring (bicyclic) bond motifs is 1. The Labute approximate surface area is 125 Å². The van der Waals surface area contributed by atoms with Crippen LogP contribution in [0, 0.1) is 0 Å². The molecule has 0 bridgehead atoms. The largest absolute Gasteiger partial charge is 0.318 e. The van der Waals surface area contributed by atoms with Gasteiger partial charge in [-0.05, 0) is 18.1 Å². The molecule has 2 nitrogen and oxygen atoms in total. The highest BCUT2D eigenvalue weighted by atomic mass is 14.8. The van der Waals surface area contributed by atoms with E-state index >= 15 is 0 Å². The third-order valence-electron chi connectivity index (χ3n) is 4.05. The van der Waals surface area contributed by atoms with Crippen LogP contribution < -0.4 is 5.73 Å². The summed E-state index contributed by atoms with van der Waals surface area (Å²) in [6.45, 7) is 2.17. The summed E-state index contributed by atoms with van der Waals surface area (Å²) in [5.41, 5.74) is 9.63.